The standard InChI is InChI=1S/C13H19FN2O/c1-2-5-10(8-9-15)13(17)16-12-7-4-3-6-11(12)14/h3-4,6-7,10H,2,5,8-9,15H2,1H3,(H,16,17). The molecule has 17 heavy (non-hydrogen) atoms. The predicted molar refractivity (Wildman–Crippen MR) is 67.1 cm³/mol. The molecule has 0 saturated heterocycles. The Labute approximate surface area is 101 Å². The maximum absolute atomic E-state index is 13.3. The summed E-state index contributed by atoms with van der Waals surface area (Å²) in [6.07, 6.45) is 2.32. The van der Waals surface area contributed by atoms with E-state index in [-0.39, 0.29) is 17.5 Å². The summed E-state index contributed by atoms with van der Waals surface area (Å²) in [5.41, 5.74) is 5.70. The van der Waals surface area contributed by atoms with Gasteiger partial charge in [0.2, 0.25) is 5.91 Å². The summed E-state index contributed by atoms with van der Waals surface area (Å²) in [6.45, 7) is 2.48. The Morgan fingerprint density at radius 1 is 1.41 bits per heavy atom. The number of anilines is 1. The Hall–Kier alpha value is -1.42. The highest BCUT2D eigenvalue weighted by Gasteiger charge is 2.17. The van der Waals surface area contributed by atoms with Gasteiger partial charge in [0.25, 0.3) is 0 Å². The van der Waals surface area contributed by atoms with Crippen LogP contribution < -0.4 is 11.1 Å². The fourth-order valence-electron chi connectivity index (χ4n) is 1.75. The van der Waals surface area contributed by atoms with Gasteiger partial charge in [-0.1, -0.05) is 25.5 Å². The van der Waals surface area contributed by atoms with Crippen molar-refractivity contribution < 1.29 is 9.18 Å². The molecule has 0 fully saturated rings. The van der Waals surface area contributed by atoms with E-state index in [0.29, 0.717) is 13.0 Å². The van der Waals surface area contributed by atoms with Gasteiger partial charge in [-0.25, -0.2) is 4.39 Å². The number of hydrogen-bond donors (Lipinski definition) is 2. The van der Waals surface area contributed by atoms with Gasteiger partial charge in [-0.2, -0.15) is 0 Å². The first-order chi connectivity index (χ1) is 8.19. The molecule has 1 unspecified atom stereocenters. The zero-order valence-corrected chi connectivity index (χ0v) is 10.1. The molecular weight excluding hydrogens is 219 g/mol. The average molecular weight is 238 g/mol. The van der Waals surface area contributed by atoms with E-state index < -0.39 is 5.82 Å². The van der Waals surface area contributed by atoms with Gasteiger partial charge in [-0.15, -0.1) is 0 Å². The summed E-state index contributed by atoms with van der Waals surface area (Å²) in [6, 6.07) is 6.16. The van der Waals surface area contributed by atoms with Crippen molar-refractivity contribution in [3.63, 3.8) is 0 Å². The van der Waals surface area contributed by atoms with E-state index in [9.17, 15) is 9.18 Å². The first-order valence-corrected chi connectivity index (χ1v) is 5.94. The van der Waals surface area contributed by atoms with Crippen LogP contribution in [0.4, 0.5) is 10.1 Å². The number of benzene rings is 1. The van der Waals surface area contributed by atoms with Gasteiger partial charge in [-0.05, 0) is 31.5 Å². The van der Waals surface area contributed by atoms with Crippen LogP contribution in [0.1, 0.15) is 26.2 Å². The van der Waals surface area contributed by atoms with Crippen molar-refractivity contribution in [2.45, 2.75) is 26.2 Å². The fourth-order valence-corrected chi connectivity index (χ4v) is 1.75. The molecule has 0 aliphatic heterocycles. The van der Waals surface area contributed by atoms with Crippen LogP contribution in [0.15, 0.2) is 24.3 Å². The Bertz CT molecular complexity index is 362. The highest BCUT2D eigenvalue weighted by atomic mass is 19.1. The Kier molecular flexibility index (Phi) is 5.63. The number of nitrogens with one attached hydrogen (secondary N) is 1. The minimum atomic E-state index is -0.413. The number of halogens is 1. The second-order valence-corrected chi connectivity index (χ2v) is 4.03. The number of amides is 1. The largest absolute Gasteiger partial charge is 0.330 e. The van der Waals surface area contributed by atoms with Crippen molar-refractivity contribution in [1.29, 1.82) is 0 Å². The molecule has 0 aliphatic rings. The highest BCUT2D eigenvalue weighted by molar-refractivity contribution is 5.92. The first-order valence-electron chi connectivity index (χ1n) is 5.94. The Morgan fingerprint density at radius 2 is 2.12 bits per heavy atom. The van der Waals surface area contributed by atoms with E-state index in [2.05, 4.69) is 5.32 Å². The Morgan fingerprint density at radius 3 is 2.71 bits per heavy atom. The normalized spacial score (nSPS) is 12.2. The summed E-state index contributed by atoms with van der Waals surface area (Å²) in [5.74, 6) is -0.698. The van der Waals surface area contributed by atoms with Crippen LogP contribution >= 0.6 is 0 Å². The minimum absolute atomic E-state index is 0.135. The van der Waals surface area contributed by atoms with Gasteiger partial charge in [-0.3, -0.25) is 4.79 Å². The van der Waals surface area contributed by atoms with Gasteiger partial charge < -0.3 is 11.1 Å². The molecule has 0 aliphatic carbocycles. The number of carbonyl (C=O) groups is 1. The molecule has 0 bridgehead atoms. The average Bonchev–Trinajstić information content (AvgIpc) is 2.32. The van der Waals surface area contributed by atoms with E-state index in [1.165, 1.54) is 6.07 Å². The van der Waals surface area contributed by atoms with E-state index in [1.807, 2.05) is 6.92 Å². The minimum Gasteiger partial charge on any atom is -0.330 e. The smallest absolute Gasteiger partial charge is 0.227 e. The molecule has 0 radical (unpaired) electrons. The van der Waals surface area contributed by atoms with E-state index in [1.54, 1.807) is 18.2 Å². The molecule has 0 heterocycles. The molecule has 1 aromatic carbocycles. The molecule has 3 nitrogen and oxygen atoms in total. The van der Waals surface area contributed by atoms with E-state index in [0.717, 1.165) is 12.8 Å². The van der Waals surface area contributed by atoms with E-state index in [4.69, 9.17) is 5.73 Å². The molecule has 1 atom stereocenters. The number of para-hydroxylation sites is 1. The van der Waals surface area contributed by atoms with Crippen molar-refractivity contribution in [2.75, 3.05) is 11.9 Å². The maximum atomic E-state index is 13.3. The topological polar surface area (TPSA) is 55.1 Å². The third-order valence-electron chi connectivity index (χ3n) is 2.65. The molecule has 94 valence electrons. The lowest BCUT2D eigenvalue weighted by Crippen LogP contribution is -2.25. The van der Waals surface area contributed by atoms with Crippen molar-refractivity contribution >= 4 is 11.6 Å². The molecule has 4 heteroatoms. The summed E-state index contributed by atoms with van der Waals surface area (Å²) in [5, 5.41) is 2.61. The zero-order chi connectivity index (χ0) is 12.7. The monoisotopic (exact) mass is 238 g/mol. The zero-order valence-electron chi connectivity index (χ0n) is 10.1. The third kappa shape index (κ3) is 4.15. The van der Waals surface area contributed by atoms with Gasteiger partial charge >= 0.3 is 0 Å². The molecular formula is C13H19FN2O. The van der Waals surface area contributed by atoms with Crippen LogP contribution in [0.2, 0.25) is 0 Å². The van der Waals surface area contributed by atoms with Crippen molar-refractivity contribution in [3.8, 4) is 0 Å². The maximum Gasteiger partial charge on any atom is 0.227 e. The van der Waals surface area contributed by atoms with Crippen molar-refractivity contribution in [3.05, 3.63) is 30.1 Å². The predicted octanol–water partition coefficient (Wildman–Crippen LogP) is 2.53. The first kappa shape index (κ1) is 13.6. The fraction of sp³-hybridized carbons (Fsp3) is 0.462. The molecule has 3 N–H and O–H groups in total. The van der Waals surface area contributed by atoms with Crippen molar-refractivity contribution in [2.24, 2.45) is 11.7 Å². The summed E-state index contributed by atoms with van der Waals surface area (Å²) in [7, 11) is 0. The van der Waals surface area contributed by atoms with Gasteiger partial charge in [0, 0.05) is 5.92 Å². The lowest BCUT2D eigenvalue weighted by atomic mass is 9.99. The second-order valence-electron chi connectivity index (χ2n) is 4.03. The number of hydrogen-bond acceptors (Lipinski definition) is 2. The van der Waals surface area contributed by atoms with Gasteiger partial charge in [0.1, 0.15) is 5.82 Å². The third-order valence-corrected chi connectivity index (χ3v) is 2.65. The number of nitrogens with two attached hydrogens (primary N) is 1. The molecule has 0 saturated carbocycles. The molecule has 1 amide bonds. The number of rotatable bonds is 6. The van der Waals surface area contributed by atoms with E-state index >= 15 is 0 Å². The van der Waals surface area contributed by atoms with Gasteiger partial charge in [0.05, 0.1) is 5.69 Å². The second kappa shape index (κ2) is 7.01. The van der Waals surface area contributed by atoms with Crippen molar-refractivity contribution in [1.82, 2.24) is 0 Å². The van der Waals surface area contributed by atoms with Crippen LogP contribution in [0.5, 0.6) is 0 Å². The quantitative estimate of drug-likeness (QED) is 0.800. The SMILES string of the molecule is CCCC(CCN)C(=O)Nc1ccccc1F. The molecule has 0 aromatic heterocycles. The van der Waals surface area contributed by atoms with Crippen LogP contribution in [-0.4, -0.2) is 12.5 Å². The van der Waals surface area contributed by atoms with Gasteiger partial charge in [0.15, 0.2) is 0 Å². The molecule has 0 spiro atoms. The van der Waals surface area contributed by atoms with Crippen LogP contribution in [0.25, 0.3) is 0 Å². The highest BCUT2D eigenvalue weighted by Crippen LogP contribution is 2.17. The van der Waals surface area contributed by atoms with Crippen LogP contribution in [-0.2, 0) is 4.79 Å². The lowest BCUT2D eigenvalue weighted by Gasteiger charge is -2.15. The Balaban J connectivity index is 2.66. The lowest BCUT2D eigenvalue weighted by molar-refractivity contribution is -0.120. The summed E-state index contributed by atoms with van der Waals surface area (Å²) >= 11 is 0. The summed E-state index contributed by atoms with van der Waals surface area (Å²) in [4.78, 5) is 11.9. The summed E-state index contributed by atoms with van der Waals surface area (Å²) < 4.78 is 13.3. The van der Waals surface area contributed by atoms with Crippen LogP contribution in [0, 0.1) is 11.7 Å². The molecule has 1 rings (SSSR count). The number of carbonyl (C=O) groups excluding carboxylic acids is 1. The molecule has 1 aromatic rings. The van der Waals surface area contributed by atoms with Crippen LogP contribution in [0.3, 0.4) is 0 Å².